The summed E-state index contributed by atoms with van der Waals surface area (Å²) < 4.78 is 0. The number of nitrogens with one attached hydrogen (secondary N) is 1. The lowest BCUT2D eigenvalue weighted by atomic mass is 10.1. The minimum absolute atomic E-state index is 0.174. The van der Waals surface area contributed by atoms with E-state index in [1.165, 1.54) is 0 Å². The molecule has 3 nitrogen and oxygen atoms in total. The molecular weight excluding hydrogens is 260 g/mol. The summed E-state index contributed by atoms with van der Waals surface area (Å²) in [4.78, 5) is 19.8. The molecule has 1 rings (SSSR count). The highest BCUT2D eigenvalue weighted by molar-refractivity contribution is 6.08. The minimum Gasteiger partial charge on any atom is -0.335 e. The number of allylic oxidation sites excluding steroid dienone is 8. The maximum absolute atomic E-state index is 12.4. The third-order valence-electron chi connectivity index (χ3n) is 2.61. The topological polar surface area (TPSA) is 45.8 Å². The van der Waals surface area contributed by atoms with Gasteiger partial charge in [0.15, 0.2) is 5.82 Å². The number of nitrogens with zero attached hydrogens (tertiary/aromatic N) is 1. The predicted molar refractivity (Wildman–Crippen MR) is 89.2 cm³/mol. The Morgan fingerprint density at radius 2 is 1.90 bits per heavy atom. The van der Waals surface area contributed by atoms with Crippen molar-refractivity contribution in [2.24, 2.45) is 0 Å². The van der Waals surface area contributed by atoms with Gasteiger partial charge >= 0.3 is 0 Å². The van der Waals surface area contributed by atoms with Crippen LogP contribution in [0.4, 0.5) is 0 Å². The molecule has 1 aromatic heterocycles. The maximum atomic E-state index is 12.4. The van der Waals surface area contributed by atoms with E-state index in [0.29, 0.717) is 16.7 Å². The summed E-state index contributed by atoms with van der Waals surface area (Å²) in [6, 6.07) is 0. The van der Waals surface area contributed by atoms with Crippen LogP contribution in [-0.4, -0.2) is 15.8 Å². The van der Waals surface area contributed by atoms with Gasteiger partial charge in [-0.2, -0.15) is 0 Å². The molecule has 0 aliphatic carbocycles. The molecule has 0 radical (unpaired) electrons. The molecule has 0 fully saturated rings. The highest BCUT2D eigenvalue weighted by Crippen LogP contribution is 2.04. The van der Waals surface area contributed by atoms with E-state index < -0.39 is 0 Å². The molecule has 0 unspecified atom stereocenters. The monoisotopic (exact) mass is 280 g/mol. The normalized spacial score (nSPS) is 14.3. The zero-order valence-electron chi connectivity index (χ0n) is 12.5. The van der Waals surface area contributed by atoms with E-state index in [9.17, 15) is 4.79 Å². The molecule has 1 N–H and O–H groups in total. The fourth-order valence-electron chi connectivity index (χ4n) is 1.72. The van der Waals surface area contributed by atoms with Crippen LogP contribution in [0.5, 0.6) is 0 Å². The molecule has 108 valence electrons. The number of carbonyl (C=O) groups is 1. The van der Waals surface area contributed by atoms with Crippen molar-refractivity contribution in [2.45, 2.75) is 13.8 Å². The van der Waals surface area contributed by atoms with E-state index in [-0.39, 0.29) is 5.78 Å². The number of H-pyrrole nitrogens is 1. The second-order valence-corrected chi connectivity index (χ2v) is 4.17. The van der Waals surface area contributed by atoms with Crippen molar-refractivity contribution in [3.05, 3.63) is 77.8 Å². The number of carbonyl (C=O) groups excluding carboxylic acids is 1. The van der Waals surface area contributed by atoms with Gasteiger partial charge in [-0.1, -0.05) is 55.7 Å². The molecule has 21 heavy (non-hydrogen) atoms. The van der Waals surface area contributed by atoms with Gasteiger partial charge in [0, 0.05) is 5.57 Å². The number of aromatic nitrogens is 2. The standard InChI is InChI=1S/C18H20N2O/c1-5-9-13-16-15(12-8-4)19-18(20-16)17(21)14(10-6-2)11-7-3/h5-13H,2,4H2,1,3H3,(H,19,20)/b9-5-,11-7-,14-10+,15-12+,16-13+. The lowest BCUT2D eigenvalue weighted by Gasteiger charge is -1.96. The first-order chi connectivity index (χ1) is 10.2. The van der Waals surface area contributed by atoms with Crippen LogP contribution in [0.3, 0.4) is 0 Å². The fourth-order valence-corrected chi connectivity index (χ4v) is 1.72. The summed E-state index contributed by atoms with van der Waals surface area (Å²) in [5, 5.41) is 1.46. The van der Waals surface area contributed by atoms with Gasteiger partial charge in [0.2, 0.25) is 5.78 Å². The van der Waals surface area contributed by atoms with Crippen molar-refractivity contribution in [2.75, 3.05) is 0 Å². The van der Waals surface area contributed by atoms with Crippen LogP contribution in [0.2, 0.25) is 0 Å². The molecule has 3 heteroatoms. The highest BCUT2D eigenvalue weighted by Gasteiger charge is 2.12. The van der Waals surface area contributed by atoms with Gasteiger partial charge in [-0.15, -0.1) is 0 Å². The van der Waals surface area contributed by atoms with Gasteiger partial charge in [-0.25, -0.2) is 4.98 Å². The van der Waals surface area contributed by atoms with Crippen molar-refractivity contribution in [1.82, 2.24) is 9.97 Å². The van der Waals surface area contributed by atoms with Crippen LogP contribution in [-0.2, 0) is 0 Å². The Bertz CT molecular complexity index is 728. The van der Waals surface area contributed by atoms with Crippen LogP contribution < -0.4 is 10.7 Å². The number of aromatic amines is 1. The Morgan fingerprint density at radius 3 is 2.48 bits per heavy atom. The van der Waals surface area contributed by atoms with Crippen LogP contribution in [0.1, 0.15) is 24.5 Å². The second-order valence-electron chi connectivity index (χ2n) is 4.17. The number of hydrogen-bond acceptors (Lipinski definition) is 2. The first kappa shape index (κ1) is 16.4. The van der Waals surface area contributed by atoms with Crippen molar-refractivity contribution >= 4 is 17.9 Å². The summed E-state index contributed by atoms with van der Waals surface area (Å²) in [5.41, 5.74) is 0.531. The first-order valence-electron chi connectivity index (χ1n) is 6.69. The Morgan fingerprint density at radius 1 is 1.14 bits per heavy atom. The van der Waals surface area contributed by atoms with Gasteiger partial charge in [-0.05, 0) is 26.0 Å². The highest BCUT2D eigenvalue weighted by atomic mass is 16.1. The van der Waals surface area contributed by atoms with Crippen molar-refractivity contribution in [1.29, 1.82) is 0 Å². The number of rotatable bonds is 6. The van der Waals surface area contributed by atoms with E-state index in [1.807, 2.05) is 32.1 Å². The quantitative estimate of drug-likeness (QED) is 0.494. The Hall–Kier alpha value is -2.68. The third-order valence-corrected chi connectivity index (χ3v) is 2.61. The number of hydrogen-bond donors (Lipinski definition) is 1. The largest absolute Gasteiger partial charge is 0.335 e. The summed E-state index contributed by atoms with van der Waals surface area (Å²) >= 11 is 0. The van der Waals surface area contributed by atoms with Gasteiger partial charge in [0.05, 0.1) is 10.7 Å². The van der Waals surface area contributed by atoms with Gasteiger partial charge in [0.1, 0.15) is 0 Å². The molecule has 0 aromatic carbocycles. The number of ketones is 1. The van der Waals surface area contributed by atoms with Gasteiger partial charge < -0.3 is 4.98 Å². The Kier molecular flexibility index (Phi) is 6.61. The molecule has 1 heterocycles. The van der Waals surface area contributed by atoms with Crippen molar-refractivity contribution in [3.8, 4) is 0 Å². The number of imidazole rings is 1. The smallest absolute Gasteiger partial charge is 0.228 e. The lowest BCUT2D eigenvalue weighted by Crippen LogP contribution is -2.23. The minimum atomic E-state index is -0.174. The molecule has 0 atom stereocenters. The molecule has 0 amide bonds. The first-order valence-corrected chi connectivity index (χ1v) is 6.69. The molecule has 1 aromatic rings. The molecule has 0 saturated heterocycles. The van der Waals surface area contributed by atoms with Gasteiger partial charge in [-0.3, -0.25) is 4.79 Å². The Labute approximate surface area is 125 Å². The molecule has 0 saturated carbocycles. The zero-order chi connectivity index (χ0) is 15.7. The third kappa shape index (κ3) is 4.42. The summed E-state index contributed by atoms with van der Waals surface area (Å²) in [5.74, 6) is 0.122. The predicted octanol–water partition coefficient (Wildman–Crippen LogP) is 2.60. The van der Waals surface area contributed by atoms with E-state index in [2.05, 4.69) is 23.1 Å². The Balaban J connectivity index is 3.42. The van der Waals surface area contributed by atoms with Crippen molar-refractivity contribution < 1.29 is 4.79 Å². The molecule has 0 spiro atoms. The van der Waals surface area contributed by atoms with Crippen molar-refractivity contribution in [3.63, 3.8) is 0 Å². The van der Waals surface area contributed by atoms with E-state index in [4.69, 9.17) is 0 Å². The zero-order valence-corrected chi connectivity index (χ0v) is 12.5. The SMILES string of the molecule is C=C/C=C(\C=C/C)C(=O)c1nc(=C/C=C\C)/c(=C\C=C)[nH]1. The van der Waals surface area contributed by atoms with Crippen LogP contribution in [0.25, 0.3) is 12.2 Å². The van der Waals surface area contributed by atoms with E-state index in [0.717, 1.165) is 5.35 Å². The fraction of sp³-hybridized carbons (Fsp3) is 0.111. The second kappa shape index (κ2) is 8.48. The van der Waals surface area contributed by atoms with Crippen LogP contribution in [0, 0.1) is 0 Å². The van der Waals surface area contributed by atoms with E-state index in [1.54, 1.807) is 36.5 Å². The van der Waals surface area contributed by atoms with Gasteiger partial charge in [0.25, 0.3) is 0 Å². The average Bonchev–Trinajstić information content (AvgIpc) is 2.87. The maximum Gasteiger partial charge on any atom is 0.228 e. The van der Waals surface area contributed by atoms with E-state index >= 15 is 0 Å². The molecule has 0 bridgehead atoms. The summed E-state index contributed by atoms with van der Waals surface area (Å²) in [6.07, 6.45) is 15.8. The number of Topliss-reactive ketones (excluding diaryl/α,β-unsaturated/α-hetero) is 1. The van der Waals surface area contributed by atoms with Crippen LogP contribution in [0.15, 0.2) is 61.3 Å². The molecule has 0 aliphatic heterocycles. The van der Waals surface area contributed by atoms with Crippen LogP contribution >= 0.6 is 0 Å². The molecular formula is C18H20N2O. The average molecular weight is 280 g/mol. The molecule has 0 aliphatic rings. The summed E-state index contributed by atoms with van der Waals surface area (Å²) in [7, 11) is 0. The summed E-state index contributed by atoms with van der Waals surface area (Å²) in [6.45, 7) is 11.1. The lowest BCUT2D eigenvalue weighted by molar-refractivity contribution is 0.102.